The topological polar surface area (TPSA) is 101 Å². The number of likely N-dealkylation sites (tertiary alicyclic amines) is 1. The first kappa shape index (κ1) is 28.3. The minimum atomic E-state index is -1.86. The number of nitrogens with zero attached hydrogens (tertiary/aromatic N) is 3. The van der Waals surface area contributed by atoms with Gasteiger partial charge in [-0.15, -0.1) is 0 Å². The maximum absolute atomic E-state index is 13.9. The lowest BCUT2D eigenvalue weighted by atomic mass is 9.83. The van der Waals surface area contributed by atoms with E-state index < -0.39 is 17.4 Å². The van der Waals surface area contributed by atoms with Gasteiger partial charge < -0.3 is 24.9 Å². The van der Waals surface area contributed by atoms with Crippen LogP contribution in [0.1, 0.15) is 56.6 Å². The van der Waals surface area contributed by atoms with Gasteiger partial charge in [-0.25, -0.2) is 0 Å². The van der Waals surface area contributed by atoms with E-state index in [0.717, 1.165) is 36.9 Å². The molecule has 0 unspecified atom stereocenters. The highest BCUT2D eigenvalue weighted by Crippen LogP contribution is 2.47. The molecular formula is C31H36ClN3O5. The molecule has 2 N–H and O–H groups in total. The number of piperidine rings is 1. The first-order chi connectivity index (χ1) is 19.2. The van der Waals surface area contributed by atoms with Gasteiger partial charge in [0.2, 0.25) is 11.8 Å². The maximum atomic E-state index is 13.9. The molecule has 8 nitrogen and oxygen atoms in total. The summed E-state index contributed by atoms with van der Waals surface area (Å²) < 4.78 is 0. The predicted molar refractivity (Wildman–Crippen MR) is 154 cm³/mol. The number of hydrogen-bond acceptors (Lipinski definition) is 5. The van der Waals surface area contributed by atoms with Crippen molar-refractivity contribution < 1.29 is 24.6 Å². The molecule has 2 aromatic rings. The number of amides is 3. The summed E-state index contributed by atoms with van der Waals surface area (Å²) in [6, 6.07) is 12.5. The van der Waals surface area contributed by atoms with Crippen LogP contribution in [-0.4, -0.2) is 58.6 Å². The summed E-state index contributed by atoms with van der Waals surface area (Å²) in [4.78, 5) is 44.1. The number of carbonyl (C=O) groups excluding carboxylic acids is 3. The van der Waals surface area contributed by atoms with Crippen LogP contribution in [0.2, 0.25) is 5.02 Å². The van der Waals surface area contributed by atoms with Crippen LogP contribution in [0, 0.1) is 5.92 Å². The molecule has 40 heavy (non-hydrogen) atoms. The predicted octanol–water partition coefficient (Wildman–Crippen LogP) is 4.16. The molecule has 2 aromatic carbocycles. The number of aliphatic hydroxyl groups excluding tert-OH is 1. The Morgan fingerprint density at radius 3 is 2.75 bits per heavy atom. The van der Waals surface area contributed by atoms with E-state index in [-0.39, 0.29) is 37.4 Å². The summed E-state index contributed by atoms with van der Waals surface area (Å²) in [5.74, 6) is -1.08. The number of halogens is 1. The van der Waals surface area contributed by atoms with Crippen LogP contribution >= 0.6 is 11.6 Å². The molecule has 3 aliphatic rings. The molecule has 3 heterocycles. The van der Waals surface area contributed by atoms with E-state index in [4.69, 9.17) is 11.6 Å². The number of hydrogen-bond donors (Lipinski definition) is 2. The van der Waals surface area contributed by atoms with Gasteiger partial charge in [0, 0.05) is 48.1 Å². The van der Waals surface area contributed by atoms with E-state index in [9.17, 15) is 24.6 Å². The molecule has 9 heteroatoms. The van der Waals surface area contributed by atoms with Crippen molar-refractivity contribution in [3.05, 3.63) is 70.8 Å². The monoisotopic (exact) mass is 565 g/mol. The summed E-state index contributed by atoms with van der Waals surface area (Å²) in [7, 11) is 0. The second kappa shape index (κ2) is 11.7. The van der Waals surface area contributed by atoms with Gasteiger partial charge in [-0.3, -0.25) is 14.4 Å². The standard InChI is InChI=1S/C31H36ClN3O5/c1-21(7-4-12-29(38)34-16-6-10-25(34)20-36)31(40)26-18-23(32)13-14-27(26)35(30(31)39)19-22-8-5-9-24(17-22)33-15-3-2-11-28(33)37/h4-5,7-9,13-14,17-18,21,25,36,40H,2-3,6,10-12,15-16,19-20H2,1H3/b7-4+/t21-,25-,31+/m0/s1. The van der Waals surface area contributed by atoms with Crippen LogP contribution in [-0.2, 0) is 26.5 Å². The highest BCUT2D eigenvalue weighted by Gasteiger charge is 2.52. The zero-order chi connectivity index (χ0) is 28.4. The van der Waals surface area contributed by atoms with E-state index in [1.165, 1.54) is 0 Å². The second-order valence-corrected chi connectivity index (χ2v) is 11.4. The summed E-state index contributed by atoms with van der Waals surface area (Å²) in [6.45, 7) is 3.23. The van der Waals surface area contributed by atoms with Gasteiger partial charge in [0.25, 0.3) is 5.91 Å². The second-order valence-electron chi connectivity index (χ2n) is 11.0. The molecule has 5 rings (SSSR count). The minimum Gasteiger partial charge on any atom is -0.394 e. The molecule has 0 saturated carbocycles. The molecule has 3 aliphatic heterocycles. The zero-order valence-electron chi connectivity index (χ0n) is 22.8. The Kier molecular flexibility index (Phi) is 8.31. The van der Waals surface area contributed by atoms with Gasteiger partial charge in [0.1, 0.15) is 0 Å². The maximum Gasteiger partial charge on any atom is 0.264 e. The highest BCUT2D eigenvalue weighted by molar-refractivity contribution is 6.31. The zero-order valence-corrected chi connectivity index (χ0v) is 23.5. The van der Waals surface area contributed by atoms with E-state index >= 15 is 0 Å². The van der Waals surface area contributed by atoms with E-state index in [1.807, 2.05) is 24.3 Å². The lowest BCUT2D eigenvalue weighted by Crippen LogP contribution is -2.44. The van der Waals surface area contributed by atoms with Gasteiger partial charge in [-0.1, -0.05) is 42.8 Å². The lowest BCUT2D eigenvalue weighted by Gasteiger charge is -2.29. The van der Waals surface area contributed by atoms with Gasteiger partial charge in [-0.2, -0.15) is 0 Å². The lowest BCUT2D eigenvalue weighted by molar-refractivity contribution is -0.139. The Labute approximate surface area is 239 Å². The van der Waals surface area contributed by atoms with Crippen LogP contribution in [0.25, 0.3) is 0 Å². The number of anilines is 2. The van der Waals surface area contributed by atoms with Crippen LogP contribution in [0.3, 0.4) is 0 Å². The average molecular weight is 566 g/mol. The molecule has 3 amide bonds. The van der Waals surface area contributed by atoms with Crippen LogP contribution in [0.5, 0.6) is 0 Å². The molecule has 0 aliphatic carbocycles. The van der Waals surface area contributed by atoms with Crippen molar-refractivity contribution in [1.29, 1.82) is 0 Å². The Bertz CT molecular complexity index is 1330. The van der Waals surface area contributed by atoms with Crippen molar-refractivity contribution >= 4 is 40.7 Å². The largest absolute Gasteiger partial charge is 0.394 e. The van der Waals surface area contributed by atoms with E-state index in [0.29, 0.717) is 35.8 Å². The summed E-state index contributed by atoms with van der Waals surface area (Å²) in [5, 5.41) is 21.9. The smallest absolute Gasteiger partial charge is 0.264 e. The van der Waals surface area contributed by atoms with Gasteiger partial charge in [-0.05, 0) is 61.6 Å². The number of rotatable bonds is 8. The van der Waals surface area contributed by atoms with Crippen molar-refractivity contribution in [2.24, 2.45) is 5.92 Å². The fourth-order valence-corrected chi connectivity index (χ4v) is 6.32. The summed E-state index contributed by atoms with van der Waals surface area (Å²) in [5.41, 5.74) is 0.794. The third-order valence-corrected chi connectivity index (χ3v) is 8.64. The molecule has 0 radical (unpaired) electrons. The third kappa shape index (κ3) is 5.28. The summed E-state index contributed by atoms with van der Waals surface area (Å²) in [6.07, 6.45) is 7.58. The summed E-state index contributed by atoms with van der Waals surface area (Å²) >= 11 is 6.31. The third-order valence-electron chi connectivity index (χ3n) is 8.40. The number of fused-ring (bicyclic) bond motifs is 1. The Morgan fingerprint density at radius 2 is 1.98 bits per heavy atom. The van der Waals surface area contributed by atoms with E-state index in [1.54, 1.807) is 52.0 Å². The van der Waals surface area contributed by atoms with Gasteiger partial charge >= 0.3 is 0 Å². The van der Waals surface area contributed by atoms with Gasteiger partial charge in [0.05, 0.1) is 24.9 Å². The average Bonchev–Trinajstić information content (AvgIpc) is 3.51. The number of aliphatic hydroxyl groups is 2. The van der Waals surface area contributed by atoms with Crippen LogP contribution < -0.4 is 9.80 Å². The van der Waals surface area contributed by atoms with Crippen molar-refractivity contribution in [2.75, 3.05) is 29.5 Å². The fraction of sp³-hybridized carbons (Fsp3) is 0.452. The molecule has 0 bridgehead atoms. The first-order valence-corrected chi connectivity index (χ1v) is 14.4. The van der Waals surface area contributed by atoms with Crippen molar-refractivity contribution in [2.45, 2.75) is 63.6 Å². The quantitative estimate of drug-likeness (QED) is 0.468. The normalized spacial score (nSPS) is 23.8. The molecule has 0 spiro atoms. The van der Waals surface area contributed by atoms with Crippen LogP contribution in [0.4, 0.5) is 11.4 Å². The van der Waals surface area contributed by atoms with Crippen molar-refractivity contribution in [3.8, 4) is 0 Å². The molecule has 2 fully saturated rings. The molecule has 2 saturated heterocycles. The number of benzene rings is 2. The Morgan fingerprint density at radius 1 is 1.15 bits per heavy atom. The highest BCUT2D eigenvalue weighted by atomic mass is 35.5. The molecule has 0 aromatic heterocycles. The van der Waals surface area contributed by atoms with Crippen LogP contribution in [0.15, 0.2) is 54.6 Å². The van der Waals surface area contributed by atoms with E-state index in [2.05, 4.69) is 0 Å². The first-order valence-electron chi connectivity index (χ1n) is 14.0. The minimum absolute atomic E-state index is 0.0509. The molecule has 3 atom stereocenters. The fourth-order valence-electron chi connectivity index (χ4n) is 6.14. The Balaban J connectivity index is 1.36. The van der Waals surface area contributed by atoms with Gasteiger partial charge in [0.15, 0.2) is 5.60 Å². The molecule has 212 valence electrons. The van der Waals surface area contributed by atoms with Crippen molar-refractivity contribution in [1.82, 2.24) is 4.90 Å². The van der Waals surface area contributed by atoms with Crippen molar-refractivity contribution in [3.63, 3.8) is 0 Å². The molecular weight excluding hydrogens is 530 g/mol. The SMILES string of the molecule is C[C@@H](/C=C/CC(=O)N1CCC[C@H]1CO)[C@]1(O)C(=O)N(Cc2cccc(N3CCCCC3=O)c2)c2ccc(Cl)cc21. The number of carbonyl (C=O) groups is 3. The Hall–Kier alpha value is -3.20.